The van der Waals surface area contributed by atoms with Crippen molar-refractivity contribution in [3.8, 4) is 0 Å². The lowest BCUT2D eigenvalue weighted by atomic mass is 9.70. The van der Waals surface area contributed by atoms with E-state index in [1.807, 2.05) is 0 Å². The summed E-state index contributed by atoms with van der Waals surface area (Å²) in [6.07, 6.45) is 7.11. The first-order chi connectivity index (χ1) is 7.74. The Labute approximate surface area is 108 Å². The van der Waals surface area contributed by atoms with Crippen LogP contribution in [-0.4, -0.2) is 54.9 Å². The molecule has 1 saturated carbocycles. The van der Waals surface area contributed by atoms with Crippen molar-refractivity contribution in [2.24, 2.45) is 5.41 Å². The molecule has 0 aromatic carbocycles. The van der Waals surface area contributed by atoms with E-state index in [1.54, 1.807) is 0 Å². The molecule has 0 aromatic heterocycles. The van der Waals surface area contributed by atoms with Crippen LogP contribution in [-0.2, 0) is 0 Å². The number of alkyl halides is 1. The first kappa shape index (κ1) is 12.8. The second kappa shape index (κ2) is 5.83. The molecule has 0 unspecified atom stereocenters. The van der Waals surface area contributed by atoms with Gasteiger partial charge in [-0.05, 0) is 51.2 Å². The average molecular weight is 289 g/mol. The van der Waals surface area contributed by atoms with E-state index in [-0.39, 0.29) is 0 Å². The largest absolute Gasteiger partial charge is 0.305 e. The fourth-order valence-corrected chi connectivity index (χ4v) is 3.72. The second-order valence-electron chi connectivity index (χ2n) is 5.77. The lowest BCUT2D eigenvalue weighted by Gasteiger charge is -2.43. The molecule has 2 aliphatic rings. The third-order valence-corrected chi connectivity index (χ3v) is 5.49. The van der Waals surface area contributed by atoms with Gasteiger partial charge in [-0.15, -0.1) is 0 Å². The molecule has 3 heteroatoms. The zero-order chi connectivity index (χ0) is 11.4. The van der Waals surface area contributed by atoms with E-state index in [0.29, 0.717) is 5.41 Å². The smallest absolute Gasteiger partial charge is 0.0109 e. The maximum atomic E-state index is 3.69. The lowest BCUT2D eigenvalue weighted by molar-refractivity contribution is 0.100. The van der Waals surface area contributed by atoms with Gasteiger partial charge in [-0.2, -0.15) is 0 Å². The second-order valence-corrected chi connectivity index (χ2v) is 6.33. The van der Waals surface area contributed by atoms with Gasteiger partial charge in [0.2, 0.25) is 0 Å². The fourth-order valence-electron chi connectivity index (χ4n) is 2.98. The highest BCUT2D eigenvalue weighted by molar-refractivity contribution is 9.09. The van der Waals surface area contributed by atoms with Crippen molar-refractivity contribution in [3.63, 3.8) is 0 Å². The standard InChI is InChI=1S/C13H25BrN2/c1-15(9-10-16-7-2-3-8-16)12-13(11-14)5-4-6-13/h2-12H2,1H3. The van der Waals surface area contributed by atoms with E-state index in [1.165, 1.54) is 70.2 Å². The summed E-state index contributed by atoms with van der Waals surface area (Å²) in [5, 5.41) is 1.19. The third-order valence-electron chi connectivity index (χ3n) is 4.30. The van der Waals surface area contributed by atoms with Crippen LogP contribution in [0.3, 0.4) is 0 Å². The van der Waals surface area contributed by atoms with Crippen LogP contribution in [0.25, 0.3) is 0 Å². The summed E-state index contributed by atoms with van der Waals surface area (Å²) in [6, 6.07) is 0. The summed E-state index contributed by atoms with van der Waals surface area (Å²) in [4.78, 5) is 5.15. The molecular formula is C13H25BrN2. The molecule has 16 heavy (non-hydrogen) atoms. The van der Waals surface area contributed by atoms with Crippen molar-refractivity contribution in [3.05, 3.63) is 0 Å². The molecule has 0 spiro atoms. The van der Waals surface area contributed by atoms with Crippen molar-refractivity contribution < 1.29 is 0 Å². The van der Waals surface area contributed by atoms with Crippen LogP contribution < -0.4 is 0 Å². The number of halogens is 1. The molecular weight excluding hydrogens is 264 g/mol. The van der Waals surface area contributed by atoms with Gasteiger partial charge in [0.05, 0.1) is 0 Å². The summed E-state index contributed by atoms with van der Waals surface area (Å²) in [6.45, 7) is 6.46. The van der Waals surface area contributed by atoms with Gasteiger partial charge in [-0.1, -0.05) is 22.4 Å². The molecule has 2 rings (SSSR count). The Bertz CT molecular complexity index is 204. The Balaban J connectivity index is 1.65. The zero-order valence-electron chi connectivity index (χ0n) is 10.6. The van der Waals surface area contributed by atoms with E-state index >= 15 is 0 Å². The number of rotatable bonds is 6. The Morgan fingerprint density at radius 1 is 1.19 bits per heavy atom. The molecule has 2 nitrogen and oxygen atoms in total. The Morgan fingerprint density at radius 2 is 1.88 bits per heavy atom. The molecule has 94 valence electrons. The van der Waals surface area contributed by atoms with Crippen LogP contribution in [0.4, 0.5) is 0 Å². The van der Waals surface area contributed by atoms with Crippen molar-refractivity contribution >= 4 is 15.9 Å². The summed E-state index contributed by atoms with van der Waals surface area (Å²) >= 11 is 3.69. The van der Waals surface area contributed by atoms with Crippen molar-refractivity contribution in [1.29, 1.82) is 0 Å². The van der Waals surface area contributed by atoms with Gasteiger partial charge in [0, 0.05) is 25.0 Å². The summed E-state index contributed by atoms with van der Waals surface area (Å²) in [5.41, 5.74) is 0.611. The fraction of sp³-hybridized carbons (Fsp3) is 1.00. The normalized spacial score (nSPS) is 24.9. The Morgan fingerprint density at radius 3 is 2.38 bits per heavy atom. The molecule has 1 heterocycles. The Hall–Kier alpha value is 0.400. The summed E-state index contributed by atoms with van der Waals surface area (Å²) < 4.78 is 0. The van der Waals surface area contributed by atoms with Gasteiger partial charge >= 0.3 is 0 Å². The first-order valence-corrected chi connectivity index (χ1v) is 7.83. The minimum absolute atomic E-state index is 0.611. The van der Waals surface area contributed by atoms with Gasteiger partial charge in [0.15, 0.2) is 0 Å². The van der Waals surface area contributed by atoms with Crippen LogP contribution >= 0.6 is 15.9 Å². The highest BCUT2D eigenvalue weighted by Crippen LogP contribution is 2.42. The number of likely N-dealkylation sites (N-methyl/N-ethyl adjacent to an activating group) is 1. The molecule has 0 amide bonds. The highest BCUT2D eigenvalue weighted by atomic mass is 79.9. The van der Waals surface area contributed by atoms with E-state index < -0.39 is 0 Å². The highest BCUT2D eigenvalue weighted by Gasteiger charge is 2.36. The van der Waals surface area contributed by atoms with Crippen molar-refractivity contribution in [2.75, 3.05) is 45.1 Å². The molecule has 0 atom stereocenters. The lowest BCUT2D eigenvalue weighted by Crippen LogP contribution is -2.44. The quantitative estimate of drug-likeness (QED) is 0.693. The predicted molar refractivity (Wildman–Crippen MR) is 73.2 cm³/mol. The van der Waals surface area contributed by atoms with Gasteiger partial charge in [0.25, 0.3) is 0 Å². The molecule has 1 aliphatic carbocycles. The van der Waals surface area contributed by atoms with Crippen LogP contribution in [0, 0.1) is 5.41 Å². The van der Waals surface area contributed by atoms with Crippen molar-refractivity contribution in [1.82, 2.24) is 9.80 Å². The molecule has 0 aromatic rings. The number of hydrogen-bond acceptors (Lipinski definition) is 2. The van der Waals surface area contributed by atoms with Gasteiger partial charge < -0.3 is 9.80 Å². The third kappa shape index (κ3) is 3.21. The van der Waals surface area contributed by atoms with E-state index in [2.05, 4.69) is 32.8 Å². The van der Waals surface area contributed by atoms with E-state index in [9.17, 15) is 0 Å². The van der Waals surface area contributed by atoms with Crippen LogP contribution in [0.2, 0.25) is 0 Å². The van der Waals surface area contributed by atoms with Crippen LogP contribution in [0.1, 0.15) is 32.1 Å². The first-order valence-electron chi connectivity index (χ1n) is 6.71. The van der Waals surface area contributed by atoms with E-state index in [4.69, 9.17) is 0 Å². The molecule has 0 bridgehead atoms. The topological polar surface area (TPSA) is 6.48 Å². The maximum Gasteiger partial charge on any atom is 0.0109 e. The zero-order valence-corrected chi connectivity index (χ0v) is 12.1. The van der Waals surface area contributed by atoms with E-state index in [0.717, 1.165) is 0 Å². The monoisotopic (exact) mass is 288 g/mol. The molecule has 1 aliphatic heterocycles. The summed E-state index contributed by atoms with van der Waals surface area (Å²) in [7, 11) is 2.29. The molecule has 0 N–H and O–H groups in total. The molecule has 0 radical (unpaired) electrons. The molecule has 1 saturated heterocycles. The summed E-state index contributed by atoms with van der Waals surface area (Å²) in [5.74, 6) is 0. The molecule has 2 fully saturated rings. The minimum Gasteiger partial charge on any atom is -0.305 e. The van der Waals surface area contributed by atoms with Crippen molar-refractivity contribution in [2.45, 2.75) is 32.1 Å². The van der Waals surface area contributed by atoms with Gasteiger partial charge in [0.1, 0.15) is 0 Å². The minimum atomic E-state index is 0.611. The van der Waals surface area contributed by atoms with Crippen LogP contribution in [0.5, 0.6) is 0 Å². The number of likely N-dealkylation sites (tertiary alicyclic amines) is 1. The number of hydrogen-bond donors (Lipinski definition) is 0. The number of nitrogens with zero attached hydrogens (tertiary/aromatic N) is 2. The van der Waals surface area contributed by atoms with Gasteiger partial charge in [-0.25, -0.2) is 0 Å². The Kier molecular flexibility index (Phi) is 4.68. The predicted octanol–water partition coefficient (Wildman–Crippen LogP) is 2.58. The maximum absolute atomic E-state index is 3.69. The van der Waals surface area contributed by atoms with Gasteiger partial charge in [-0.3, -0.25) is 0 Å². The van der Waals surface area contributed by atoms with Crippen LogP contribution in [0.15, 0.2) is 0 Å². The SMILES string of the molecule is CN(CCN1CCCC1)CC1(CBr)CCC1. The average Bonchev–Trinajstić information content (AvgIpc) is 2.73.